The number of carbonyl (C=O) groups excluding carboxylic acids is 1. The zero-order valence-corrected chi connectivity index (χ0v) is 23.3. The van der Waals surface area contributed by atoms with Gasteiger partial charge in [0, 0.05) is 38.8 Å². The lowest BCUT2D eigenvalue weighted by molar-refractivity contribution is -0.167. The summed E-state index contributed by atoms with van der Waals surface area (Å²) < 4.78 is 23.1. The Morgan fingerprint density at radius 3 is 2.67 bits per heavy atom. The lowest BCUT2D eigenvalue weighted by Crippen LogP contribution is -2.46. The Kier molecular flexibility index (Phi) is 7.19. The van der Waals surface area contributed by atoms with Crippen molar-refractivity contribution in [2.45, 2.75) is 76.4 Å². The summed E-state index contributed by atoms with van der Waals surface area (Å²) in [5, 5.41) is 11.8. The molecule has 1 fully saturated rings. The van der Waals surface area contributed by atoms with E-state index in [0.717, 1.165) is 42.3 Å². The van der Waals surface area contributed by atoms with Gasteiger partial charge in [0.05, 0.1) is 22.2 Å². The van der Waals surface area contributed by atoms with Crippen molar-refractivity contribution in [3.05, 3.63) is 86.9 Å². The van der Waals surface area contributed by atoms with Gasteiger partial charge in [-0.2, -0.15) is 0 Å². The molecule has 1 aliphatic heterocycles. The Hall–Kier alpha value is -3.37. The van der Waals surface area contributed by atoms with Crippen LogP contribution in [-0.2, 0) is 35.0 Å². The summed E-state index contributed by atoms with van der Waals surface area (Å²) in [6, 6.07) is 10.5. The van der Waals surface area contributed by atoms with Crippen LogP contribution < -0.4 is 0 Å². The van der Waals surface area contributed by atoms with E-state index in [2.05, 4.69) is 9.83 Å². The Morgan fingerprint density at radius 1 is 1.26 bits per heavy atom. The van der Waals surface area contributed by atoms with Crippen molar-refractivity contribution in [2.24, 2.45) is 13.0 Å². The monoisotopic (exact) mass is 549 g/mol. The Morgan fingerprint density at radius 2 is 2.00 bits per heavy atom. The van der Waals surface area contributed by atoms with E-state index in [1.165, 1.54) is 6.07 Å². The molecule has 1 aromatic heterocycles. The number of cyclic esters (lactones) is 1. The standard InChI is InChI=1S/C31H33ClFN3O3/c1-30(2,34-3)23-11-9-19(15-24(23)33)13-14-31(20-7-5-6-8-20)18-27(37)22(29(38)39-31)17-28-35-25-16-21(32)10-12-26(25)36(28)4/h9-12,15-16,20,37H,5-8,13-14,17-18H2,1-2,4H3. The van der Waals surface area contributed by atoms with Gasteiger partial charge in [-0.05, 0) is 67.5 Å². The summed E-state index contributed by atoms with van der Waals surface area (Å²) in [6.45, 7) is 10.8. The second kappa shape index (κ2) is 10.3. The summed E-state index contributed by atoms with van der Waals surface area (Å²) in [5.74, 6) is -0.109. The topological polar surface area (TPSA) is 68.7 Å². The number of imidazole rings is 1. The molecular formula is C31H33ClFN3O3. The molecule has 5 rings (SSSR count). The van der Waals surface area contributed by atoms with Crippen LogP contribution in [0.15, 0.2) is 47.7 Å². The molecule has 1 unspecified atom stereocenters. The third-order valence-electron chi connectivity index (χ3n) is 8.54. The number of aromatic nitrogens is 2. The zero-order chi connectivity index (χ0) is 27.9. The summed E-state index contributed by atoms with van der Waals surface area (Å²) in [4.78, 5) is 21.6. The molecule has 2 aromatic carbocycles. The van der Waals surface area contributed by atoms with Gasteiger partial charge in [-0.3, -0.25) is 0 Å². The van der Waals surface area contributed by atoms with E-state index in [-0.39, 0.29) is 30.1 Å². The highest BCUT2D eigenvalue weighted by Crippen LogP contribution is 2.46. The van der Waals surface area contributed by atoms with E-state index in [9.17, 15) is 14.3 Å². The minimum atomic E-state index is -0.940. The van der Waals surface area contributed by atoms with Crippen molar-refractivity contribution in [3.8, 4) is 0 Å². The zero-order valence-electron chi connectivity index (χ0n) is 22.6. The lowest BCUT2D eigenvalue weighted by Gasteiger charge is -2.42. The van der Waals surface area contributed by atoms with Crippen LogP contribution >= 0.6 is 11.6 Å². The van der Waals surface area contributed by atoms with Crippen LogP contribution in [0.1, 0.15) is 69.3 Å². The maximum atomic E-state index is 14.9. The predicted octanol–water partition coefficient (Wildman–Crippen LogP) is 7.38. The van der Waals surface area contributed by atoms with E-state index in [1.807, 2.05) is 23.7 Å². The van der Waals surface area contributed by atoms with Gasteiger partial charge in [0.25, 0.3) is 5.54 Å². The molecule has 0 radical (unpaired) electrons. The molecule has 1 aliphatic carbocycles. The van der Waals surface area contributed by atoms with Gasteiger partial charge in [-0.1, -0.05) is 30.5 Å². The fourth-order valence-electron chi connectivity index (χ4n) is 6.15. The Balaban J connectivity index is 1.40. The Bertz CT molecular complexity index is 1510. The van der Waals surface area contributed by atoms with E-state index in [4.69, 9.17) is 22.9 Å². The van der Waals surface area contributed by atoms with Crippen LogP contribution in [-0.4, -0.2) is 26.2 Å². The largest absolute Gasteiger partial charge is 0.512 e. The average Bonchev–Trinajstić information content (AvgIpc) is 3.54. The minimum Gasteiger partial charge on any atom is -0.512 e. The van der Waals surface area contributed by atoms with Crippen molar-refractivity contribution >= 4 is 28.6 Å². The van der Waals surface area contributed by atoms with Crippen LogP contribution in [0.5, 0.6) is 0 Å². The van der Waals surface area contributed by atoms with Gasteiger partial charge in [0.1, 0.15) is 23.0 Å². The number of hydrogen-bond acceptors (Lipinski definition) is 4. The third-order valence-corrected chi connectivity index (χ3v) is 8.77. The van der Waals surface area contributed by atoms with E-state index < -0.39 is 22.9 Å². The van der Waals surface area contributed by atoms with Crippen molar-refractivity contribution in [3.63, 3.8) is 0 Å². The SMILES string of the molecule is [C-]#[N+]C(C)(C)c1ccc(CCC2(C3CCCC3)CC(O)=C(Cc3nc4cc(Cl)ccc4n3C)C(=O)O2)cc1F. The van der Waals surface area contributed by atoms with E-state index >= 15 is 0 Å². The van der Waals surface area contributed by atoms with Crippen LogP contribution in [0.2, 0.25) is 5.02 Å². The molecule has 39 heavy (non-hydrogen) atoms. The molecule has 0 spiro atoms. The van der Waals surface area contributed by atoms with Gasteiger partial charge < -0.3 is 19.3 Å². The summed E-state index contributed by atoms with van der Waals surface area (Å²) in [7, 11) is 1.87. The lowest BCUT2D eigenvalue weighted by atomic mass is 9.76. The van der Waals surface area contributed by atoms with Crippen molar-refractivity contribution in [1.82, 2.24) is 9.55 Å². The summed E-state index contributed by atoms with van der Waals surface area (Å²) >= 11 is 6.12. The van der Waals surface area contributed by atoms with Gasteiger partial charge in [0.2, 0.25) is 0 Å². The number of fused-ring (bicyclic) bond motifs is 1. The van der Waals surface area contributed by atoms with Crippen LogP contribution in [0.3, 0.4) is 0 Å². The molecule has 1 saturated carbocycles. The molecule has 2 heterocycles. The molecule has 2 aliphatic rings. The average molecular weight is 550 g/mol. The number of hydrogen-bond donors (Lipinski definition) is 1. The summed E-state index contributed by atoms with van der Waals surface area (Å²) in [5.41, 5.74) is 1.20. The fraction of sp³-hybridized carbons (Fsp3) is 0.452. The quantitative estimate of drug-likeness (QED) is 0.246. The van der Waals surface area contributed by atoms with Crippen molar-refractivity contribution in [1.29, 1.82) is 0 Å². The first-order chi connectivity index (χ1) is 18.5. The van der Waals surface area contributed by atoms with Crippen LogP contribution in [0.4, 0.5) is 4.39 Å². The van der Waals surface area contributed by atoms with Gasteiger partial charge in [0.15, 0.2) is 0 Å². The second-order valence-electron chi connectivity index (χ2n) is 11.4. The van der Waals surface area contributed by atoms with Gasteiger partial charge in [-0.25, -0.2) is 20.7 Å². The molecule has 3 aromatic rings. The number of esters is 1. The number of halogens is 2. The molecular weight excluding hydrogens is 517 g/mol. The first kappa shape index (κ1) is 27.2. The van der Waals surface area contributed by atoms with Gasteiger partial charge >= 0.3 is 5.97 Å². The minimum absolute atomic E-state index is 0.0450. The molecule has 8 heteroatoms. The first-order valence-electron chi connectivity index (χ1n) is 13.5. The number of carbonyl (C=O) groups is 1. The van der Waals surface area contributed by atoms with Crippen molar-refractivity contribution in [2.75, 3.05) is 0 Å². The summed E-state index contributed by atoms with van der Waals surface area (Å²) in [6.07, 6.45) is 5.32. The predicted molar refractivity (Wildman–Crippen MR) is 149 cm³/mol. The number of aliphatic hydroxyl groups is 1. The third kappa shape index (κ3) is 5.15. The fourth-order valence-corrected chi connectivity index (χ4v) is 6.32. The highest BCUT2D eigenvalue weighted by atomic mass is 35.5. The normalized spacial score (nSPS) is 20.5. The van der Waals surface area contributed by atoms with Crippen molar-refractivity contribution < 1.29 is 19.0 Å². The molecule has 6 nitrogen and oxygen atoms in total. The molecule has 0 saturated heterocycles. The number of rotatable bonds is 7. The highest BCUT2D eigenvalue weighted by molar-refractivity contribution is 6.31. The Labute approximate surface area is 233 Å². The number of ether oxygens (including phenoxy) is 1. The number of nitrogens with zero attached hydrogens (tertiary/aromatic N) is 3. The van der Waals surface area contributed by atoms with Crippen LogP contribution in [0.25, 0.3) is 15.9 Å². The second-order valence-corrected chi connectivity index (χ2v) is 11.9. The highest BCUT2D eigenvalue weighted by Gasteiger charge is 2.48. The first-order valence-corrected chi connectivity index (χ1v) is 13.8. The molecule has 204 valence electrons. The molecule has 1 atom stereocenters. The molecule has 0 amide bonds. The molecule has 0 bridgehead atoms. The smallest absolute Gasteiger partial charge is 0.338 e. The number of aryl methyl sites for hydroxylation is 2. The van der Waals surface area contributed by atoms with Gasteiger partial charge in [-0.15, -0.1) is 0 Å². The maximum Gasteiger partial charge on any atom is 0.338 e. The number of aliphatic hydroxyl groups excluding tert-OH is 1. The molecule has 1 N–H and O–H groups in total. The number of benzene rings is 2. The van der Waals surface area contributed by atoms with E-state index in [0.29, 0.717) is 29.3 Å². The van der Waals surface area contributed by atoms with E-state index in [1.54, 1.807) is 32.0 Å². The maximum absolute atomic E-state index is 14.9. The van der Waals surface area contributed by atoms with Crippen LogP contribution in [0, 0.1) is 18.3 Å².